The van der Waals surface area contributed by atoms with Crippen molar-refractivity contribution in [1.29, 1.82) is 0 Å². The minimum absolute atomic E-state index is 0.0313. The maximum absolute atomic E-state index is 13.0. The van der Waals surface area contributed by atoms with Crippen LogP contribution in [0.2, 0.25) is 10.0 Å². The van der Waals surface area contributed by atoms with E-state index in [1.807, 2.05) is 19.0 Å². The Kier molecular flexibility index (Phi) is 7.33. The molecule has 9 heteroatoms. The molecule has 1 heterocycles. The molecule has 0 bridgehead atoms. The van der Waals surface area contributed by atoms with Crippen molar-refractivity contribution in [3.05, 3.63) is 63.1 Å². The van der Waals surface area contributed by atoms with Crippen LogP contribution in [-0.4, -0.2) is 68.0 Å². The van der Waals surface area contributed by atoms with Crippen molar-refractivity contribution in [2.75, 3.05) is 41.4 Å². The number of ether oxygens (including phenoxy) is 2. The van der Waals surface area contributed by atoms with Crippen LogP contribution in [0, 0.1) is 0 Å². The molecule has 1 aliphatic heterocycles. The highest BCUT2D eigenvalue weighted by atomic mass is 35.5. The number of carbonyl (C=O) groups is 2. The molecular formula is C23H24Cl2N2O5. The lowest BCUT2D eigenvalue weighted by Gasteiger charge is -2.26. The Hall–Kier alpha value is -2.74. The van der Waals surface area contributed by atoms with Crippen LogP contribution in [0.1, 0.15) is 17.2 Å². The van der Waals surface area contributed by atoms with Crippen LogP contribution in [0.15, 0.2) is 42.0 Å². The van der Waals surface area contributed by atoms with E-state index < -0.39 is 17.7 Å². The second kappa shape index (κ2) is 9.81. The number of hydrogen-bond acceptors (Lipinski definition) is 6. The zero-order valence-corrected chi connectivity index (χ0v) is 19.7. The minimum Gasteiger partial charge on any atom is -0.507 e. The number of hydrogen-bond donors (Lipinski definition) is 1. The first kappa shape index (κ1) is 23.9. The SMILES string of the molecule is COc1ccc(C2/C(=C(\O)c3cc(Cl)c(OC)c(Cl)c3)C(=O)C(=O)N2CCN(C)C)cc1. The summed E-state index contributed by atoms with van der Waals surface area (Å²) in [4.78, 5) is 29.3. The zero-order valence-electron chi connectivity index (χ0n) is 18.2. The van der Waals surface area contributed by atoms with Crippen molar-refractivity contribution < 1.29 is 24.2 Å². The number of aliphatic hydroxyl groups is 1. The van der Waals surface area contributed by atoms with Gasteiger partial charge in [-0.3, -0.25) is 9.59 Å². The molecule has 1 unspecified atom stereocenters. The Morgan fingerprint density at radius 2 is 1.66 bits per heavy atom. The van der Waals surface area contributed by atoms with Gasteiger partial charge < -0.3 is 24.4 Å². The van der Waals surface area contributed by atoms with Crippen molar-refractivity contribution in [1.82, 2.24) is 9.80 Å². The number of aliphatic hydroxyl groups excluding tert-OH is 1. The number of likely N-dealkylation sites (N-methyl/N-ethyl adjacent to an activating group) is 1. The van der Waals surface area contributed by atoms with Crippen LogP contribution in [0.5, 0.6) is 11.5 Å². The summed E-state index contributed by atoms with van der Waals surface area (Å²) >= 11 is 12.5. The molecule has 1 fully saturated rings. The predicted molar refractivity (Wildman–Crippen MR) is 124 cm³/mol. The van der Waals surface area contributed by atoms with Gasteiger partial charge in [0, 0.05) is 18.7 Å². The van der Waals surface area contributed by atoms with Crippen LogP contribution < -0.4 is 9.47 Å². The second-order valence-corrected chi connectivity index (χ2v) is 8.36. The fourth-order valence-corrected chi connectivity index (χ4v) is 4.24. The van der Waals surface area contributed by atoms with Gasteiger partial charge in [0.2, 0.25) is 0 Å². The van der Waals surface area contributed by atoms with Gasteiger partial charge in [-0.2, -0.15) is 0 Å². The molecule has 1 atom stereocenters. The summed E-state index contributed by atoms with van der Waals surface area (Å²) in [5, 5.41) is 11.5. The van der Waals surface area contributed by atoms with Gasteiger partial charge in [0.15, 0.2) is 5.75 Å². The third-order valence-electron chi connectivity index (χ3n) is 5.24. The summed E-state index contributed by atoms with van der Waals surface area (Å²) < 4.78 is 10.4. The van der Waals surface area contributed by atoms with Crippen LogP contribution >= 0.6 is 23.2 Å². The van der Waals surface area contributed by atoms with Crippen molar-refractivity contribution in [3.63, 3.8) is 0 Å². The Balaban J connectivity index is 2.17. The number of nitrogens with zero attached hydrogens (tertiary/aromatic N) is 2. The summed E-state index contributed by atoms with van der Waals surface area (Å²) in [5.41, 5.74) is 0.845. The highest BCUT2D eigenvalue weighted by Gasteiger charge is 2.46. The van der Waals surface area contributed by atoms with Gasteiger partial charge in [-0.1, -0.05) is 35.3 Å². The summed E-state index contributed by atoms with van der Waals surface area (Å²) in [6, 6.07) is 9.12. The molecule has 1 amide bonds. The van der Waals surface area contributed by atoms with E-state index in [2.05, 4.69) is 0 Å². The lowest BCUT2D eigenvalue weighted by Crippen LogP contribution is -2.35. The number of rotatable bonds is 7. The lowest BCUT2D eigenvalue weighted by molar-refractivity contribution is -0.140. The highest BCUT2D eigenvalue weighted by Crippen LogP contribution is 2.42. The molecule has 0 spiro atoms. The van der Waals surface area contributed by atoms with E-state index in [0.29, 0.717) is 24.4 Å². The lowest BCUT2D eigenvalue weighted by atomic mass is 9.95. The zero-order chi connectivity index (χ0) is 23.6. The molecule has 0 aliphatic carbocycles. The van der Waals surface area contributed by atoms with E-state index in [0.717, 1.165) is 0 Å². The fourth-order valence-electron chi connectivity index (χ4n) is 3.60. The number of Topliss-reactive ketones (excluding diaryl/α,β-unsaturated/α-hetero) is 1. The summed E-state index contributed by atoms with van der Waals surface area (Å²) in [5.74, 6) is -0.927. The Morgan fingerprint density at radius 1 is 1.06 bits per heavy atom. The maximum atomic E-state index is 13.0. The van der Waals surface area contributed by atoms with E-state index in [1.54, 1.807) is 31.4 Å². The van der Waals surface area contributed by atoms with Gasteiger partial charge in [0.25, 0.3) is 11.7 Å². The number of ketones is 1. The molecule has 0 radical (unpaired) electrons. The fraction of sp³-hybridized carbons (Fsp3) is 0.304. The largest absolute Gasteiger partial charge is 0.507 e. The molecule has 7 nitrogen and oxygen atoms in total. The molecule has 2 aromatic carbocycles. The van der Waals surface area contributed by atoms with Gasteiger partial charge in [-0.25, -0.2) is 0 Å². The van der Waals surface area contributed by atoms with E-state index in [-0.39, 0.29) is 32.7 Å². The molecule has 170 valence electrons. The summed E-state index contributed by atoms with van der Waals surface area (Å²) in [7, 11) is 6.72. The minimum atomic E-state index is -0.777. The molecule has 1 saturated heterocycles. The average Bonchev–Trinajstić information content (AvgIpc) is 3.01. The number of likely N-dealkylation sites (tertiary alicyclic amines) is 1. The summed E-state index contributed by atoms with van der Waals surface area (Å²) in [6.07, 6.45) is 0. The Morgan fingerprint density at radius 3 is 2.16 bits per heavy atom. The molecule has 32 heavy (non-hydrogen) atoms. The average molecular weight is 479 g/mol. The number of amides is 1. The van der Waals surface area contributed by atoms with Gasteiger partial charge in [0.1, 0.15) is 11.5 Å². The van der Waals surface area contributed by atoms with E-state index in [1.165, 1.54) is 24.1 Å². The first-order valence-corrected chi connectivity index (χ1v) is 10.6. The third-order valence-corrected chi connectivity index (χ3v) is 5.80. The molecule has 1 N–H and O–H groups in total. The maximum Gasteiger partial charge on any atom is 0.295 e. The Labute approximate surface area is 196 Å². The van der Waals surface area contributed by atoms with E-state index >= 15 is 0 Å². The van der Waals surface area contributed by atoms with Gasteiger partial charge >= 0.3 is 0 Å². The first-order valence-electron chi connectivity index (χ1n) is 9.80. The molecule has 2 aromatic rings. The van der Waals surface area contributed by atoms with E-state index in [4.69, 9.17) is 32.7 Å². The number of benzene rings is 2. The van der Waals surface area contributed by atoms with Gasteiger partial charge in [-0.15, -0.1) is 0 Å². The third kappa shape index (κ3) is 4.55. The smallest absolute Gasteiger partial charge is 0.295 e. The normalized spacial score (nSPS) is 17.8. The van der Waals surface area contributed by atoms with Crippen LogP contribution in [0.25, 0.3) is 5.76 Å². The monoisotopic (exact) mass is 478 g/mol. The second-order valence-electron chi connectivity index (χ2n) is 7.54. The quantitative estimate of drug-likeness (QED) is 0.368. The first-order chi connectivity index (χ1) is 15.2. The van der Waals surface area contributed by atoms with Crippen molar-refractivity contribution >= 4 is 40.7 Å². The number of carbonyl (C=O) groups excluding carboxylic acids is 2. The predicted octanol–water partition coefficient (Wildman–Crippen LogP) is 3.99. The van der Waals surface area contributed by atoms with Crippen molar-refractivity contribution in [2.24, 2.45) is 0 Å². The van der Waals surface area contributed by atoms with Crippen LogP contribution in [-0.2, 0) is 9.59 Å². The summed E-state index contributed by atoms with van der Waals surface area (Å²) in [6.45, 7) is 0.842. The molecule has 3 rings (SSSR count). The van der Waals surface area contributed by atoms with Gasteiger partial charge in [0.05, 0.1) is 35.9 Å². The molecular weight excluding hydrogens is 455 g/mol. The topological polar surface area (TPSA) is 79.3 Å². The molecule has 1 aliphatic rings. The van der Waals surface area contributed by atoms with Crippen LogP contribution in [0.3, 0.4) is 0 Å². The van der Waals surface area contributed by atoms with Gasteiger partial charge in [-0.05, 0) is 43.9 Å². The van der Waals surface area contributed by atoms with Crippen LogP contribution in [0.4, 0.5) is 0 Å². The van der Waals surface area contributed by atoms with Crippen molar-refractivity contribution in [3.8, 4) is 11.5 Å². The van der Waals surface area contributed by atoms with Crippen molar-refractivity contribution in [2.45, 2.75) is 6.04 Å². The molecule has 0 saturated carbocycles. The van der Waals surface area contributed by atoms with E-state index in [9.17, 15) is 14.7 Å². The highest BCUT2D eigenvalue weighted by molar-refractivity contribution is 6.46. The Bertz CT molecular complexity index is 1040. The number of halogens is 2. The number of methoxy groups -OCH3 is 2. The standard InChI is InChI=1S/C23H24Cl2N2O5/c1-26(2)9-10-27-19(13-5-7-15(31-3)8-6-13)18(21(29)23(27)30)20(28)14-11-16(24)22(32-4)17(25)12-14/h5-8,11-12,19,28H,9-10H2,1-4H3/b20-18+. The molecule has 0 aromatic heterocycles.